The van der Waals surface area contributed by atoms with Gasteiger partial charge in [0.1, 0.15) is 24.5 Å². The monoisotopic (exact) mass is 206 g/mol. The van der Waals surface area contributed by atoms with E-state index in [-0.39, 0.29) is 0 Å². The second-order valence-corrected chi connectivity index (χ2v) is 3.48. The van der Waals surface area contributed by atoms with Crippen molar-refractivity contribution in [2.24, 2.45) is 5.73 Å². The number of aliphatic hydroxyl groups excluding tert-OH is 3. The summed E-state index contributed by atoms with van der Waals surface area (Å²) in [5, 5.41) is 31.2. The molecule has 0 aromatic rings. The van der Waals surface area contributed by atoms with E-state index in [1.54, 1.807) is 6.92 Å². The summed E-state index contributed by atoms with van der Waals surface area (Å²) in [6, 6.07) is 0. The normalized spacial score (nSPS) is 43.9. The average Bonchev–Trinajstić information content (AvgIpc) is 2.18. The van der Waals surface area contributed by atoms with Gasteiger partial charge in [-0.25, -0.2) is 0 Å². The van der Waals surface area contributed by atoms with Crippen LogP contribution in [0.3, 0.4) is 0 Å². The molecule has 14 heavy (non-hydrogen) atoms. The SMILES string of the molecule is C[C@H]1O[C@H](NCCN)[C@H](O)[C@@H](O)[C@@H]1O. The van der Waals surface area contributed by atoms with E-state index in [2.05, 4.69) is 5.32 Å². The van der Waals surface area contributed by atoms with Crippen LogP contribution < -0.4 is 11.1 Å². The molecular weight excluding hydrogens is 188 g/mol. The van der Waals surface area contributed by atoms with E-state index in [4.69, 9.17) is 10.5 Å². The maximum Gasteiger partial charge on any atom is 0.137 e. The molecule has 6 heteroatoms. The molecule has 0 spiro atoms. The Balaban J connectivity index is 2.52. The minimum atomic E-state index is -1.19. The Morgan fingerprint density at radius 3 is 2.43 bits per heavy atom. The number of hydrogen-bond donors (Lipinski definition) is 5. The van der Waals surface area contributed by atoms with Crippen LogP contribution in [0.15, 0.2) is 0 Å². The van der Waals surface area contributed by atoms with Gasteiger partial charge in [-0.15, -0.1) is 0 Å². The molecule has 1 fully saturated rings. The molecule has 1 heterocycles. The molecule has 5 atom stereocenters. The molecule has 6 N–H and O–H groups in total. The highest BCUT2D eigenvalue weighted by Gasteiger charge is 2.41. The van der Waals surface area contributed by atoms with E-state index in [1.165, 1.54) is 0 Å². The van der Waals surface area contributed by atoms with Gasteiger partial charge in [0.15, 0.2) is 0 Å². The zero-order chi connectivity index (χ0) is 10.7. The van der Waals surface area contributed by atoms with Gasteiger partial charge >= 0.3 is 0 Å². The summed E-state index contributed by atoms with van der Waals surface area (Å²) in [6.45, 7) is 2.54. The van der Waals surface area contributed by atoms with E-state index < -0.39 is 30.6 Å². The number of nitrogens with one attached hydrogen (secondary N) is 1. The molecule has 0 aromatic carbocycles. The first-order valence-corrected chi connectivity index (χ1v) is 4.71. The predicted molar refractivity (Wildman–Crippen MR) is 49.4 cm³/mol. The van der Waals surface area contributed by atoms with Crippen molar-refractivity contribution in [2.75, 3.05) is 13.1 Å². The largest absolute Gasteiger partial charge is 0.388 e. The molecule has 0 aliphatic carbocycles. The first-order chi connectivity index (χ1) is 6.57. The van der Waals surface area contributed by atoms with Crippen LogP contribution in [-0.2, 0) is 4.74 Å². The van der Waals surface area contributed by atoms with Gasteiger partial charge in [-0.3, -0.25) is 5.32 Å². The molecular formula is C8H18N2O4. The van der Waals surface area contributed by atoms with Gasteiger partial charge in [-0.05, 0) is 6.92 Å². The Hall–Kier alpha value is -0.240. The molecule has 0 radical (unpaired) electrons. The quantitative estimate of drug-likeness (QED) is 0.345. The fourth-order valence-corrected chi connectivity index (χ4v) is 1.45. The Kier molecular flexibility index (Phi) is 4.24. The van der Waals surface area contributed by atoms with Gasteiger partial charge in [-0.1, -0.05) is 0 Å². The van der Waals surface area contributed by atoms with Gasteiger partial charge in [0, 0.05) is 13.1 Å². The number of nitrogens with two attached hydrogens (primary N) is 1. The van der Waals surface area contributed by atoms with E-state index in [0.717, 1.165) is 0 Å². The maximum atomic E-state index is 9.51. The van der Waals surface area contributed by atoms with E-state index in [1.807, 2.05) is 0 Å². The number of hydrogen-bond acceptors (Lipinski definition) is 6. The van der Waals surface area contributed by atoms with Crippen molar-refractivity contribution in [1.82, 2.24) is 5.32 Å². The Labute approximate surface area is 82.7 Å². The van der Waals surface area contributed by atoms with Crippen LogP contribution in [0.5, 0.6) is 0 Å². The minimum Gasteiger partial charge on any atom is -0.388 e. The van der Waals surface area contributed by atoms with Gasteiger partial charge in [0.05, 0.1) is 6.10 Å². The third-order valence-corrected chi connectivity index (χ3v) is 2.34. The van der Waals surface area contributed by atoms with Crippen molar-refractivity contribution in [3.05, 3.63) is 0 Å². The summed E-state index contributed by atoms with van der Waals surface area (Å²) in [6.07, 6.45) is -4.56. The Morgan fingerprint density at radius 2 is 1.86 bits per heavy atom. The first kappa shape index (κ1) is 11.8. The topological polar surface area (TPSA) is 108 Å². The molecule has 0 amide bonds. The van der Waals surface area contributed by atoms with Crippen molar-refractivity contribution < 1.29 is 20.1 Å². The molecule has 0 bridgehead atoms. The summed E-state index contributed by atoms with van der Waals surface area (Å²) >= 11 is 0. The lowest BCUT2D eigenvalue weighted by Gasteiger charge is -2.39. The predicted octanol–water partition coefficient (Wildman–Crippen LogP) is -2.64. The van der Waals surface area contributed by atoms with E-state index in [9.17, 15) is 15.3 Å². The Bertz CT molecular complexity index is 181. The van der Waals surface area contributed by atoms with Crippen LogP contribution in [0, 0.1) is 0 Å². The molecule has 0 unspecified atom stereocenters. The smallest absolute Gasteiger partial charge is 0.137 e. The van der Waals surface area contributed by atoms with Gasteiger partial charge in [-0.2, -0.15) is 0 Å². The lowest BCUT2D eigenvalue weighted by atomic mass is 9.99. The summed E-state index contributed by atoms with van der Waals surface area (Å²) in [5.74, 6) is 0. The number of ether oxygens (including phenoxy) is 1. The molecule has 0 aromatic heterocycles. The van der Waals surface area contributed by atoms with Crippen LogP contribution in [0.1, 0.15) is 6.92 Å². The fourth-order valence-electron chi connectivity index (χ4n) is 1.45. The molecule has 6 nitrogen and oxygen atoms in total. The van der Waals surface area contributed by atoms with Crippen molar-refractivity contribution >= 4 is 0 Å². The highest BCUT2D eigenvalue weighted by molar-refractivity contribution is 4.89. The van der Waals surface area contributed by atoms with Crippen molar-refractivity contribution in [3.63, 3.8) is 0 Å². The van der Waals surface area contributed by atoms with Crippen molar-refractivity contribution in [2.45, 2.75) is 37.6 Å². The molecule has 1 rings (SSSR count). The molecule has 0 saturated carbocycles. The van der Waals surface area contributed by atoms with Gasteiger partial charge in [0.2, 0.25) is 0 Å². The summed E-state index contributed by atoms with van der Waals surface area (Å²) in [7, 11) is 0. The second-order valence-electron chi connectivity index (χ2n) is 3.48. The van der Waals surface area contributed by atoms with Crippen molar-refractivity contribution in [3.8, 4) is 0 Å². The zero-order valence-electron chi connectivity index (χ0n) is 8.13. The number of rotatable bonds is 3. The average molecular weight is 206 g/mol. The van der Waals surface area contributed by atoms with E-state index >= 15 is 0 Å². The van der Waals surface area contributed by atoms with Crippen LogP contribution in [-0.4, -0.2) is 59.1 Å². The summed E-state index contributed by atoms with van der Waals surface area (Å²) in [4.78, 5) is 0. The minimum absolute atomic E-state index is 0.416. The van der Waals surface area contributed by atoms with Crippen molar-refractivity contribution in [1.29, 1.82) is 0 Å². The summed E-state index contributed by atoms with van der Waals surface area (Å²) in [5.41, 5.74) is 5.28. The van der Waals surface area contributed by atoms with Crippen LogP contribution in [0.2, 0.25) is 0 Å². The van der Waals surface area contributed by atoms with Gasteiger partial charge in [0.25, 0.3) is 0 Å². The van der Waals surface area contributed by atoms with Crippen LogP contribution in [0.25, 0.3) is 0 Å². The summed E-state index contributed by atoms with van der Waals surface area (Å²) < 4.78 is 5.26. The van der Waals surface area contributed by atoms with Crippen LogP contribution >= 0.6 is 0 Å². The molecule has 1 saturated heterocycles. The number of aliphatic hydroxyl groups is 3. The molecule has 1 aliphatic rings. The Morgan fingerprint density at radius 1 is 1.21 bits per heavy atom. The first-order valence-electron chi connectivity index (χ1n) is 4.71. The lowest BCUT2D eigenvalue weighted by molar-refractivity contribution is -0.224. The van der Waals surface area contributed by atoms with Crippen LogP contribution in [0.4, 0.5) is 0 Å². The molecule has 84 valence electrons. The second kappa shape index (κ2) is 5.01. The zero-order valence-corrected chi connectivity index (χ0v) is 8.13. The van der Waals surface area contributed by atoms with E-state index in [0.29, 0.717) is 13.1 Å². The third-order valence-electron chi connectivity index (χ3n) is 2.34. The lowest BCUT2D eigenvalue weighted by Crippen LogP contribution is -2.61. The highest BCUT2D eigenvalue weighted by atomic mass is 16.5. The standard InChI is InChI=1S/C8H18N2O4/c1-4-5(11)6(12)7(13)8(14-4)10-3-2-9/h4-8,10-13H,2-3,9H2,1H3/t4-,5-,6+,7-,8+/m1/s1. The van der Waals surface area contributed by atoms with Gasteiger partial charge < -0.3 is 25.8 Å². The highest BCUT2D eigenvalue weighted by Crippen LogP contribution is 2.19. The fraction of sp³-hybridized carbons (Fsp3) is 1.00. The molecule has 1 aliphatic heterocycles. The maximum absolute atomic E-state index is 9.51. The third kappa shape index (κ3) is 2.41.